The van der Waals surface area contributed by atoms with Gasteiger partial charge in [0.05, 0.1) is 17.3 Å². The van der Waals surface area contributed by atoms with E-state index < -0.39 is 5.97 Å². The molecule has 0 unspecified atom stereocenters. The van der Waals surface area contributed by atoms with Crippen molar-refractivity contribution in [3.8, 4) is 0 Å². The number of aromatic nitrogens is 1. The van der Waals surface area contributed by atoms with E-state index in [0.29, 0.717) is 17.3 Å². The molecule has 0 spiro atoms. The number of benzene rings is 1. The molecule has 2 aromatic rings. The molecule has 1 heterocycles. The van der Waals surface area contributed by atoms with Gasteiger partial charge in [0.1, 0.15) is 6.26 Å². The molecule has 0 atom stereocenters. The number of nitrogens with one attached hydrogen (secondary N) is 1. The van der Waals surface area contributed by atoms with E-state index in [-0.39, 0.29) is 11.7 Å². The van der Waals surface area contributed by atoms with Crippen LogP contribution >= 0.6 is 11.6 Å². The van der Waals surface area contributed by atoms with Crippen LogP contribution in [-0.2, 0) is 4.74 Å². The highest BCUT2D eigenvalue weighted by Crippen LogP contribution is 2.24. The summed E-state index contributed by atoms with van der Waals surface area (Å²) >= 11 is 5.97. The van der Waals surface area contributed by atoms with Crippen molar-refractivity contribution in [2.75, 3.05) is 11.9 Å². The largest absolute Gasteiger partial charge is 0.461 e. The Bertz CT molecular complexity index is 554. The van der Waals surface area contributed by atoms with Crippen LogP contribution in [0.1, 0.15) is 17.4 Å². The molecule has 0 saturated carbocycles. The summed E-state index contributed by atoms with van der Waals surface area (Å²) in [5.41, 5.74) is 0.767. The number of nitrogens with zero attached hydrogens (tertiary/aromatic N) is 1. The second-order valence-corrected chi connectivity index (χ2v) is 3.77. The highest BCUT2D eigenvalue weighted by Gasteiger charge is 2.13. The smallest absolute Gasteiger partial charge is 0.360 e. The third-order valence-corrected chi connectivity index (χ3v) is 2.43. The predicted molar refractivity (Wildman–Crippen MR) is 67.2 cm³/mol. The quantitative estimate of drug-likeness (QED) is 0.861. The fourth-order valence-corrected chi connectivity index (χ4v) is 1.49. The lowest BCUT2D eigenvalue weighted by Crippen LogP contribution is -2.05. The van der Waals surface area contributed by atoms with E-state index in [1.54, 1.807) is 19.1 Å². The average molecular weight is 267 g/mol. The molecule has 5 nitrogen and oxygen atoms in total. The Morgan fingerprint density at radius 1 is 1.50 bits per heavy atom. The summed E-state index contributed by atoms with van der Waals surface area (Å²) in [4.78, 5) is 15.3. The molecular formula is C12H11ClN2O3. The zero-order valence-corrected chi connectivity index (χ0v) is 10.4. The van der Waals surface area contributed by atoms with E-state index in [1.165, 1.54) is 6.26 Å². The van der Waals surface area contributed by atoms with Crippen LogP contribution < -0.4 is 5.32 Å². The maximum atomic E-state index is 11.4. The minimum absolute atomic E-state index is 0.117. The van der Waals surface area contributed by atoms with Gasteiger partial charge in [-0.25, -0.2) is 4.79 Å². The third-order valence-electron chi connectivity index (χ3n) is 2.10. The molecule has 0 bridgehead atoms. The molecule has 1 aromatic heterocycles. The molecule has 1 aromatic carbocycles. The van der Waals surface area contributed by atoms with Gasteiger partial charge in [0, 0.05) is 0 Å². The first-order valence-electron chi connectivity index (χ1n) is 5.35. The van der Waals surface area contributed by atoms with Crippen molar-refractivity contribution in [1.29, 1.82) is 0 Å². The average Bonchev–Trinajstić information content (AvgIpc) is 2.81. The van der Waals surface area contributed by atoms with Gasteiger partial charge in [-0.3, -0.25) is 0 Å². The standard InChI is InChI=1S/C12H11ClN2O3/c1-2-17-11(16)10-7-18-12(15-10)14-9-6-4-3-5-8(9)13/h3-7H,2H2,1H3,(H,14,15). The zero-order valence-electron chi connectivity index (χ0n) is 9.64. The first kappa shape index (κ1) is 12.4. The van der Waals surface area contributed by atoms with Gasteiger partial charge in [-0.2, -0.15) is 4.98 Å². The number of esters is 1. The molecule has 0 aliphatic rings. The van der Waals surface area contributed by atoms with Crippen molar-refractivity contribution in [2.24, 2.45) is 0 Å². The van der Waals surface area contributed by atoms with Crippen molar-refractivity contribution < 1.29 is 13.9 Å². The second-order valence-electron chi connectivity index (χ2n) is 3.36. The summed E-state index contributed by atoms with van der Waals surface area (Å²) < 4.78 is 9.91. The number of halogens is 1. The number of carbonyl (C=O) groups excluding carboxylic acids is 1. The Hall–Kier alpha value is -2.01. The summed E-state index contributed by atoms with van der Waals surface area (Å²) in [6.07, 6.45) is 1.23. The Balaban J connectivity index is 2.12. The molecule has 0 fully saturated rings. The molecule has 94 valence electrons. The molecule has 0 aliphatic heterocycles. The third kappa shape index (κ3) is 2.81. The van der Waals surface area contributed by atoms with Crippen LogP contribution in [0.25, 0.3) is 0 Å². The maximum absolute atomic E-state index is 11.4. The lowest BCUT2D eigenvalue weighted by Gasteiger charge is -2.02. The summed E-state index contributed by atoms with van der Waals surface area (Å²) in [5, 5.41) is 3.41. The number of hydrogen-bond donors (Lipinski definition) is 1. The fraction of sp³-hybridized carbons (Fsp3) is 0.167. The van der Waals surface area contributed by atoms with Gasteiger partial charge in [0.25, 0.3) is 6.01 Å². The van der Waals surface area contributed by atoms with Crippen molar-refractivity contribution in [1.82, 2.24) is 4.98 Å². The van der Waals surface area contributed by atoms with Crippen molar-refractivity contribution in [3.63, 3.8) is 0 Å². The number of para-hydroxylation sites is 1. The molecule has 0 aliphatic carbocycles. The van der Waals surface area contributed by atoms with Gasteiger partial charge in [0.2, 0.25) is 0 Å². The lowest BCUT2D eigenvalue weighted by atomic mass is 10.3. The summed E-state index contributed by atoms with van der Waals surface area (Å²) in [7, 11) is 0. The number of anilines is 2. The molecule has 0 amide bonds. The second kappa shape index (κ2) is 5.55. The van der Waals surface area contributed by atoms with Gasteiger partial charge in [-0.1, -0.05) is 23.7 Å². The van der Waals surface area contributed by atoms with Crippen LogP contribution in [0.3, 0.4) is 0 Å². The van der Waals surface area contributed by atoms with Crippen molar-refractivity contribution in [3.05, 3.63) is 41.2 Å². The fourth-order valence-electron chi connectivity index (χ4n) is 1.31. The highest BCUT2D eigenvalue weighted by molar-refractivity contribution is 6.33. The Morgan fingerprint density at radius 2 is 2.28 bits per heavy atom. The number of hydrogen-bond acceptors (Lipinski definition) is 5. The van der Waals surface area contributed by atoms with Gasteiger partial charge in [-0.05, 0) is 19.1 Å². The van der Waals surface area contributed by atoms with E-state index in [2.05, 4.69) is 10.3 Å². The maximum Gasteiger partial charge on any atom is 0.360 e. The Labute approximate surface area is 109 Å². The highest BCUT2D eigenvalue weighted by atomic mass is 35.5. The summed E-state index contributed by atoms with van der Waals surface area (Å²) in [6, 6.07) is 7.33. The van der Waals surface area contributed by atoms with Crippen LogP contribution in [0.2, 0.25) is 5.02 Å². The monoisotopic (exact) mass is 266 g/mol. The van der Waals surface area contributed by atoms with Crippen molar-refractivity contribution in [2.45, 2.75) is 6.92 Å². The number of ether oxygens (including phenoxy) is 1. The molecule has 2 rings (SSSR count). The normalized spacial score (nSPS) is 10.1. The van der Waals surface area contributed by atoms with Gasteiger partial charge in [-0.15, -0.1) is 0 Å². The van der Waals surface area contributed by atoms with E-state index in [1.807, 2.05) is 12.1 Å². The molecular weight excluding hydrogens is 256 g/mol. The van der Waals surface area contributed by atoms with E-state index in [4.69, 9.17) is 20.8 Å². The van der Waals surface area contributed by atoms with E-state index in [9.17, 15) is 4.79 Å². The van der Waals surface area contributed by atoms with Crippen LogP contribution in [0, 0.1) is 0 Å². The molecule has 0 saturated heterocycles. The van der Waals surface area contributed by atoms with Gasteiger partial charge >= 0.3 is 5.97 Å². The number of rotatable bonds is 4. The van der Waals surface area contributed by atoms with Gasteiger partial charge < -0.3 is 14.5 Å². The molecule has 6 heteroatoms. The topological polar surface area (TPSA) is 64.4 Å². The van der Waals surface area contributed by atoms with Crippen LogP contribution in [0.15, 0.2) is 34.9 Å². The molecule has 18 heavy (non-hydrogen) atoms. The van der Waals surface area contributed by atoms with E-state index >= 15 is 0 Å². The first-order chi connectivity index (χ1) is 8.70. The zero-order chi connectivity index (χ0) is 13.0. The van der Waals surface area contributed by atoms with Crippen LogP contribution in [0.5, 0.6) is 0 Å². The van der Waals surface area contributed by atoms with Crippen LogP contribution in [0.4, 0.5) is 11.7 Å². The number of oxazole rings is 1. The minimum atomic E-state index is -0.520. The minimum Gasteiger partial charge on any atom is -0.461 e. The lowest BCUT2D eigenvalue weighted by molar-refractivity contribution is 0.0519. The van der Waals surface area contributed by atoms with Gasteiger partial charge in [0.15, 0.2) is 5.69 Å². The SMILES string of the molecule is CCOC(=O)c1coc(Nc2ccccc2Cl)n1. The molecule has 0 radical (unpaired) electrons. The molecule has 1 N–H and O–H groups in total. The summed E-state index contributed by atoms with van der Waals surface area (Å²) in [6.45, 7) is 2.01. The van der Waals surface area contributed by atoms with Crippen molar-refractivity contribution >= 4 is 29.3 Å². The predicted octanol–water partition coefficient (Wildman–Crippen LogP) is 3.25. The Morgan fingerprint density at radius 3 is 3.00 bits per heavy atom. The number of carbonyl (C=O) groups is 1. The first-order valence-corrected chi connectivity index (χ1v) is 5.72. The Kier molecular flexibility index (Phi) is 3.84. The van der Waals surface area contributed by atoms with E-state index in [0.717, 1.165) is 0 Å². The van der Waals surface area contributed by atoms with Crippen LogP contribution in [-0.4, -0.2) is 17.6 Å². The summed E-state index contributed by atoms with van der Waals surface area (Å²) in [5.74, 6) is -0.520.